The fourth-order valence-corrected chi connectivity index (χ4v) is 4.01. The molecule has 4 aromatic carbocycles. The van der Waals surface area contributed by atoms with Crippen LogP contribution in [0.2, 0.25) is 0 Å². The molecule has 186 valence electrons. The molecule has 0 aliphatic carbocycles. The van der Waals surface area contributed by atoms with Crippen LogP contribution in [0.15, 0.2) is 121 Å². The van der Waals surface area contributed by atoms with E-state index in [0.29, 0.717) is 22.4 Å². The summed E-state index contributed by atoms with van der Waals surface area (Å²) >= 11 is 0. The van der Waals surface area contributed by atoms with Crippen LogP contribution in [-0.2, 0) is 4.74 Å². The molecule has 0 N–H and O–H groups in total. The van der Waals surface area contributed by atoms with Gasteiger partial charge >= 0.3 is 5.97 Å². The quantitative estimate of drug-likeness (QED) is 0.108. The Morgan fingerprint density at radius 1 is 0.789 bits per heavy atom. The van der Waals surface area contributed by atoms with E-state index in [9.17, 15) is 19.7 Å². The summed E-state index contributed by atoms with van der Waals surface area (Å²) < 4.78 is 7.42. The monoisotopic (exact) mass is 503 g/mol. The molecular weight excluding hydrogens is 482 g/mol. The van der Waals surface area contributed by atoms with Gasteiger partial charge in [0.1, 0.15) is 11.3 Å². The molecule has 8 nitrogen and oxygen atoms in total. The first-order chi connectivity index (χ1) is 18.5. The van der Waals surface area contributed by atoms with E-state index in [4.69, 9.17) is 4.74 Å². The summed E-state index contributed by atoms with van der Waals surface area (Å²) in [7, 11) is 0. The number of non-ortho nitro benzene ring substituents is 1. The summed E-state index contributed by atoms with van der Waals surface area (Å²) in [6.45, 7) is 0. The molecule has 8 heteroatoms. The minimum Gasteiger partial charge on any atom is -0.445 e. The summed E-state index contributed by atoms with van der Waals surface area (Å²) in [6, 6.07) is 32.3. The Kier molecular flexibility index (Phi) is 6.86. The van der Waals surface area contributed by atoms with Gasteiger partial charge in [-0.3, -0.25) is 14.9 Å². The average Bonchev–Trinajstić information content (AvgIpc) is 3.43. The molecular formula is C30H21N3O5. The molecule has 38 heavy (non-hydrogen) atoms. The summed E-state index contributed by atoms with van der Waals surface area (Å²) in [4.78, 5) is 37.7. The topological polar surface area (TPSA) is 104 Å². The molecule has 0 radical (unpaired) electrons. The van der Waals surface area contributed by atoms with Gasteiger partial charge in [0.2, 0.25) is 5.78 Å². The minimum atomic E-state index is -1.32. The second-order valence-corrected chi connectivity index (χ2v) is 8.40. The number of esters is 1. The Hall–Kier alpha value is -5.37. The third-order valence-electron chi connectivity index (χ3n) is 5.93. The number of para-hydroxylation sites is 1. The average molecular weight is 504 g/mol. The molecule has 0 bridgehead atoms. The molecule has 0 aliphatic heterocycles. The van der Waals surface area contributed by atoms with Gasteiger partial charge < -0.3 is 4.74 Å². The van der Waals surface area contributed by atoms with Crippen molar-refractivity contribution in [3.05, 3.63) is 148 Å². The highest BCUT2D eigenvalue weighted by atomic mass is 16.6. The number of carbonyl (C=O) groups excluding carboxylic acids is 2. The summed E-state index contributed by atoms with van der Waals surface area (Å²) in [6.07, 6.45) is 0.245. The first kappa shape index (κ1) is 24.3. The number of nitro groups is 1. The SMILES string of the molecule is O=C(O[C@@H](C(=O)c1ccccc1)c1ccc([N+](=O)[O-])cc1)c1cn(-c2ccccc2)nc1-c1ccccc1. The van der Waals surface area contributed by atoms with Gasteiger partial charge in [0.15, 0.2) is 6.10 Å². The van der Waals surface area contributed by atoms with E-state index in [-0.39, 0.29) is 11.3 Å². The number of aromatic nitrogens is 2. The van der Waals surface area contributed by atoms with Gasteiger partial charge in [-0.1, -0.05) is 78.9 Å². The van der Waals surface area contributed by atoms with E-state index in [1.54, 1.807) is 41.2 Å². The molecule has 0 amide bonds. The zero-order valence-corrected chi connectivity index (χ0v) is 20.0. The Balaban J connectivity index is 1.55. The number of hydrogen-bond donors (Lipinski definition) is 0. The zero-order valence-electron chi connectivity index (χ0n) is 20.0. The van der Waals surface area contributed by atoms with Gasteiger partial charge in [0.25, 0.3) is 5.69 Å². The largest absolute Gasteiger partial charge is 0.445 e. The highest BCUT2D eigenvalue weighted by molar-refractivity contribution is 6.03. The molecule has 0 aliphatic rings. The lowest BCUT2D eigenvalue weighted by Gasteiger charge is -2.17. The number of carbonyl (C=O) groups is 2. The number of nitro benzene ring substituents is 1. The van der Waals surface area contributed by atoms with Crippen LogP contribution in [0.4, 0.5) is 5.69 Å². The first-order valence-electron chi connectivity index (χ1n) is 11.8. The number of ketones is 1. The summed E-state index contributed by atoms with van der Waals surface area (Å²) in [5.41, 5.74) is 2.54. The maximum absolute atomic E-state index is 13.6. The van der Waals surface area contributed by atoms with Crippen molar-refractivity contribution in [2.24, 2.45) is 0 Å². The number of rotatable bonds is 8. The second kappa shape index (κ2) is 10.7. The van der Waals surface area contributed by atoms with E-state index < -0.39 is 22.8 Å². The van der Waals surface area contributed by atoms with E-state index in [0.717, 1.165) is 5.69 Å². The molecule has 5 rings (SSSR count). The predicted octanol–water partition coefficient (Wildman–Crippen LogP) is 6.23. The van der Waals surface area contributed by atoms with Crippen molar-refractivity contribution in [3.8, 4) is 16.9 Å². The maximum atomic E-state index is 13.6. The number of nitrogens with zero attached hydrogens (tertiary/aromatic N) is 3. The number of hydrogen-bond acceptors (Lipinski definition) is 6. The van der Waals surface area contributed by atoms with E-state index in [1.807, 2.05) is 60.7 Å². The third kappa shape index (κ3) is 5.10. The van der Waals surface area contributed by atoms with Gasteiger partial charge in [-0.2, -0.15) is 5.10 Å². The van der Waals surface area contributed by atoms with Crippen molar-refractivity contribution in [1.82, 2.24) is 9.78 Å². The molecule has 0 fully saturated rings. The molecule has 0 saturated heterocycles. The second-order valence-electron chi connectivity index (χ2n) is 8.40. The Morgan fingerprint density at radius 2 is 1.37 bits per heavy atom. The van der Waals surface area contributed by atoms with Crippen LogP contribution in [-0.4, -0.2) is 26.5 Å². The lowest BCUT2D eigenvalue weighted by atomic mass is 9.99. The van der Waals surface area contributed by atoms with Crippen LogP contribution in [0.3, 0.4) is 0 Å². The predicted molar refractivity (Wildman–Crippen MR) is 141 cm³/mol. The Morgan fingerprint density at radius 3 is 1.97 bits per heavy atom. The van der Waals surface area contributed by atoms with Crippen molar-refractivity contribution in [2.75, 3.05) is 0 Å². The third-order valence-corrected chi connectivity index (χ3v) is 5.93. The van der Waals surface area contributed by atoms with Crippen molar-refractivity contribution >= 4 is 17.4 Å². The summed E-state index contributed by atoms with van der Waals surface area (Å²) in [5, 5.41) is 15.8. The zero-order chi connectivity index (χ0) is 26.5. The molecule has 5 aromatic rings. The molecule has 0 spiro atoms. The van der Waals surface area contributed by atoms with Crippen LogP contribution in [0.25, 0.3) is 16.9 Å². The number of Topliss-reactive ketones (excluding diaryl/α,β-unsaturated/α-hetero) is 1. The van der Waals surface area contributed by atoms with Crippen LogP contribution in [0, 0.1) is 10.1 Å². The van der Waals surface area contributed by atoms with E-state index >= 15 is 0 Å². The lowest BCUT2D eigenvalue weighted by Crippen LogP contribution is -2.20. The Labute approximate surface area is 217 Å². The van der Waals surface area contributed by atoms with Gasteiger partial charge in [-0.15, -0.1) is 0 Å². The van der Waals surface area contributed by atoms with Gasteiger partial charge in [0.05, 0.1) is 10.6 Å². The standard InChI is InChI=1S/C30H21N3O5/c34-28(22-12-6-2-7-13-22)29(23-16-18-25(19-17-23)33(36)37)38-30(35)26-20-32(24-14-8-3-9-15-24)31-27(26)21-10-4-1-5-11-21/h1-20,29H/t29-/m1/s1. The van der Waals surface area contributed by atoms with Crippen LogP contribution in [0.1, 0.15) is 32.4 Å². The fourth-order valence-electron chi connectivity index (χ4n) is 4.01. The number of benzene rings is 4. The number of ether oxygens (including phenoxy) is 1. The molecule has 1 aromatic heterocycles. The smallest absolute Gasteiger partial charge is 0.343 e. The van der Waals surface area contributed by atoms with Crippen LogP contribution < -0.4 is 0 Å². The molecule has 0 unspecified atom stereocenters. The molecule has 0 saturated carbocycles. The van der Waals surface area contributed by atoms with Gasteiger partial charge in [0, 0.05) is 35.0 Å². The first-order valence-corrected chi connectivity index (χ1v) is 11.8. The van der Waals surface area contributed by atoms with Crippen molar-refractivity contribution in [2.45, 2.75) is 6.10 Å². The highest BCUT2D eigenvalue weighted by Crippen LogP contribution is 2.29. The maximum Gasteiger partial charge on any atom is 0.343 e. The van der Waals surface area contributed by atoms with Crippen molar-refractivity contribution in [3.63, 3.8) is 0 Å². The molecule has 1 heterocycles. The van der Waals surface area contributed by atoms with E-state index in [1.165, 1.54) is 24.3 Å². The van der Waals surface area contributed by atoms with Gasteiger partial charge in [-0.05, 0) is 24.3 Å². The van der Waals surface area contributed by atoms with Crippen LogP contribution >= 0.6 is 0 Å². The lowest BCUT2D eigenvalue weighted by molar-refractivity contribution is -0.384. The van der Waals surface area contributed by atoms with Gasteiger partial charge in [-0.25, -0.2) is 9.48 Å². The Bertz CT molecular complexity index is 1580. The van der Waals surface area contributed by atoms with Crippen molar-refractivity contribution in [1.29, 1.82) is 0 Å². The normalized spacial score (nSPS) is 11.5. The molecule has 1 atom stereocenters. The van der Waals surface area contributed by atoms with Crippen LogP contribution in [0.5, 0.6) is 0 Å². The van der Waals surface area contributed by atoms with E-state index in [2.05, 4.69) is 5.10 Å². The summed E-state index contributed by atoms with van der Waals surface area (Å²) in [5.74, 6) is -1.21. The highest BCUT2D eigenvalue weighted by Gasteiger charge is 2.29. The van der Waals surface area contributed by atoms with Crippen molar-refractivity contribution < 1.29 is 19.2 Å². The fraction of sp³-hybridized carbons (Fsp3) is 0.0333. The minimum absolute atomic E-state index is 0.138.